The lowest BCUT2D eigenvalue weighted by atomic mass is 10.3. The van der Waals surface area contributed by atoms with Gasteiger partial charge < -0.3 is 9.88 Å². The topological polar surface area (TPSA) is 29.9 Å². The molecule has 0 atom stereocenters. The van der Waals surface area contributed by atoms with Crippen LogP contribution in [0.2, 0.25) is 0 Å². The lowest BCUT2D eigenvalue weighted by Crippen LogP contribution is -2.03. The summed E-state index contributed by atoms with van der Waals surface area (Å²) >= 11 is 1.74. The first-order valence-electron chi connectivity index (χ1n) is 4.51. The maximum Gasteiger partial charge on any atom is 0.107 e. The van der Waals surface area contributed by atoms with Crippen LogP contribution in [0.4, 0.5) is 0 Å². The molecule has 14 heavy (non-hydrogen) atoms. The number of nitrogens with zero attached hydrogens (tertiary/aromatic N) is 2. The Morgan fingerprint density at radius 2 is 2.43 bits per heavy atom. The third kappa shape index (κ3) is 1.86. The largest absolute Gasteiger partial charge is 0.357 e. The van der Waals surface area contributed by atoms with Gasteiger partial charge in [-0.2, -0.15) is 0 Å². The molecule has 2 rings (SSSR count). The summed E-state index contributed by atoms with van der Waals surface area (Å²) in [6.07, 6.45) is 6.09. The van der Waals surface area contributed by atoms with Gasteiger partial charge in [0.05, 0.1) is 4.88 Å². The van der Waals surface area contributed by atoms with E-state index < -0.39 is 0 Å². The molecule has 0 aliphatic heterocycles. The molecule has 0 bridgehead atoms. The predicted molar refractivity (Wildman–Crippen MR) is 59.3 cm³/mol. The van der Waals surface area contributed by atoms with E-state index in [4.69, 9.17) is 0 Å². The van der Waals surface area contributed by atoms with Gasteiger partial charge in [0.2, 0.25) is 0 Å². The van der Waals surface area contributed by atoms with Gasteiger partial charge in [-0.1, -0.05) is 0 Å². The van der Waals surface area contributed by atoms with Crippen LogP contribution < -0.4 is 5.32 Å². The zero-order chi connectivity index (χ0) is 9.97. The molecule has 0 radical (unpaired) electrons. The molecule has 0 aliphatic rings. The SMILES string of the molecule is CNCc1ncc(-c2ccn(C)c2)s1. The minimum absolute atomic E-state index is 0.845. The number of thiazole rings is 1. The Balaban J connectivity index is 2.24. The van der Waals surface area contributed by atoms with Crippen molar-refractivity contribution in [1.29, 1.82) is 0 Å². The summed E-state index contributed by atoms with van der Waals surface area (Å²) in [5.74, 6) is 0. The van der Waals surface area contributed by atoms with Crippen molar-refractivity contribution in [3.63, 3.8) is 0 Å². The van der Waals surface area contributed by atoms with Gasteiger partial charge in [-0.15, -0.1) is 11.3 Å². The van der Waals surface area contributed by atoms with Crippen molar-refractivity contribution in [3.8, 4) is 10.4 Å². The summed E-state index contributed by atoms with van der Waals surface area (Å²) in [6.45, 7) is 0.845. The summed E-state index contributed by atoms with van der Waals surface area (Å²) in [7, 11) is 3.96. The fraction of sp³-hybridized carbons (Fsp3) is 0.300. The van der Waals surface area contributed by atoms with Gasteiger partial charge in [-0.25, -0.2) is 4.98 Å². The van der Waals surface area contributed by atoms with E-state index in [-0.39, 0.29) is 0 Å². The first-order chi connectivity index (χ1) is 6.79. The highest BCUT2D eigenvalue weighted by molar-refractivity contribution is 7.15. The number of hydrogen-bond donors (Lipinski definition) is 1. The highest BCUT2D eigenvalue weighted by Gasteiger charge is 2.04. The molecule has 74 valence electrons. The normalized spacial score (nSPS) is 10.7. The average Bonchev–Trinajstić information content (AvgIpc) is 2.74. The lowest BCUT2D eigenvalue weighted by Gasteiger charge is -1.90. The first kappa shape index (κ1) is 9.43. The maximum atomic E-state index is 4.34. The third-order valence-electron chi connectivity index (χ3n) is 2.00. The van der Waals surface area contributed by atoms with Crippen LogP contribution in [0.5, 0.6) is 0 Å². The Kier molecular flexibility index (Phi) is 2.65. The Morgan fingerprint density at radius 1 is 1.57 bits per heavy atom. The van der Waals surface area contributed by atoms with Crippen LogP contribution in [0.25, 0.3) is 10.4 Å². The molecule has 1 N–H and O–H groups in total. The lowest BCUT2D eigenvalue weighted by molar-refractivity contribution is 0.810. The van der Waals surface area contributed by atoms with Gasteiger partial charge in [-0.3, -0.25) is 0 Å². The summed E-state index contributed by atoms with van der Waals surface area (Å²) in [6, 6.07) is 2.11. The molecular weight excluding hydrogens is 194 g/mol. The average molecular weight is 207 g/mol. The Morgan fingerprint density at radius 3 is 3.07 bits per heavy atom. The number of rotatable bonds is 3. The van der Waals surface area contributed by atoms with Crippen LogP contribution in [0.15, 0.2) is 24.7 Å². The van der Waals surface area contributed by atoms with Gasteiger partial charge in [0.25, 0.3) is 0 Å². The van der Waals surface area contributed by atoms with E-state index in [1.165, 1.54) is 10.4 Å². The molecule has 2 heterocycles. The number of aromatic nitrogens is 2. The van der Waals surface area contributed by atoms with Gasteiger partial charge in [0.15, 0.2) is 0 Å². The number of hydrogen-bond acceptors (Lipinski definition) is 3. The zero-order valence-electron chi connectivity index (χ0n) is 8.32. The molecular formula is C10H13N3S. The van der Waals surface area contributed by atoms with Gasteiger partial charge in [0, 0.05) is 37.7 Å². The van der Waals surface area contributed by atoms with Gasteiger partial charge in [-0.05, 0) is 13.1 Å². The minimum Gasteiger partial charge on any atom is -0.357 e. The third-order valence-corrected chi connectivity index (χ3v) is 3.04. The monoisotopic (exact) mass is 207 g/mol. The van der Waals surface area contributed by atoms with Crippen molar-refractivity contribution in [1.82, 2.24) is 14.9 Å². The number of aryl methyl sites for hydroxylation is 1. The summed E-state index contributed by atoms with van der Waals surface area (Å²) < 4.78 is 2.05. The van der Waals surface area contributed by atoms with E-state index in [0.29, 0.717) is 0 Å². The molecule has 0 saturated carbocycles. The highest BCUT2D eigenvalue weighted by Crippen LogP contribution is 2.25. The number of nitrogens with one attached hydrogen (secondary N) is 1. The van der Waals surface area contributed by atoms with Crippen molar-refractivity contribution in [2.75, 3.05) is 7.05 Å². The second-order valence-corrected chi connectivity index (χ2v) is 4.33. The molecule has 0 aromatic carbocycles. The van der Waals surface area contributed by atoms with Crippen molar-refractivity contribution in [2.45, 2.75) is 6.54 Å². The van der Waals surface area contributed by atoms with Crippen LogP contribution in [-0.2, 0) is 13.6 Å². The van der Waals surface area contributed by atoms with E-state index in [1.54, 1.807) is 11.3 Å². The Bertz CT molecular complexity index is 416. The first-order valence-corrected chi connectivity index (χ1v) is 5.33. The quantitative estimate of drug-likeness (QED) is 0.832. The Hall–Kier alpha value is -1.13. The van der Waals surface area contributed by atoms with E-state index >= 15 is 0 Å². The molecule has 0 saturated heterocycles. The molecule has 0 fully saturated rings. The van der Waals surface area contributed by atoms with E-state index in [1.807, 2.05) is 31.1 Å². The van der Waals surface area contributed by atoms with Crippen LogP contribution in [0.1, 0.15) is 5.01 Å². The van der Waals surface area contributed by atoms with Crippen LogP contribution in [-0.4, -0.2) is 16.6 Å². The molecule has 0 amide bonds. The smallest absolute Gasteiger partial charge is 0.107 e. The van der Waals surface area contributed by atoms with Crippen molar-refractivity contribution < 1.29 is 0 Å². The van der Waals surface area contributed by atoms with E-state index in [2.05, 4.69) is 22.6 Å². The summed E-state index contributed by atoms with van der Waals surface area (Å²) in [5.41, 5.74) is 1.24. The van der Waals surface area contributed by atoms with Gasteiger partial charge >= 0.3 is 0 Å². The maximum absolute atomic E-state index is 4.34. The van der Waals surface area contributed by atoms with Crippen LogP contribution >= 0.6 is 11.3 Å². The zero-order valence-corrected chi connectivity index (χ0v) is 9.14. The molecule has 2 aromatic rings. The standard InChI is InChI=1S/C10H13N3S/c1-11-6-10-12-5-9(14-10)8-3-4-13(2)7-8/h3-5,7,11H,6H2,1-2H3. The molecule has 2 aromatic heterocycles. The minimum atomic E-state index is 0.845. The molecule has 4 heteroatoms. The summed E-state index contributed by atoms with van der Waals surface area (Å²) in [5, 5.41) is 4.23. The second-order valence-electron chi connectivity index (χ2n) is 3.21. The fourth-order valence-electron chi connectivity index (χ4n) is 1.33. The second kappa shape index (κ2) is 3.94. The predicted octanol–water partition coefficient (Wildman–Crippen LogP) is 1.87. The van der Waals surface area contributed by atoms with Crippen LogP contribution in [0, 0.1) is 0 Å². The van der Waals surface area contributed by atoms with Crippen molar-refractivity contribution in [2.24, 2.45) is 7.05 Å². The van der Waals surface area contributed by atoms with Crippen molar-refractivity contribution in [3.05, 3.63) is 29.7 Å². The van der Waals surface area contributed by atoms with Crippen molar-refractivity contribution >= 4 is 11.3 Å². The Labute approximate surface area is 87.4 Å². The fourth-order valence-corrected chi connectivity index (χ4v) is 2.25. The van der Waals surface area contributed by atoms with E-state index in [0.717, 1.165) is 11.6 Å². The van der Waals surface area contributed by atoms with E-state index in [9.17, 15) is 0 Å². The van der Waals surface area contributed by atoms with Crippen LogP contribution in [0.3, 0.4) is 0 Å². The molecule has 3 nitrogen and oxygen atoms in total. The van der Waals surface area contributed by atoms with Gasteiger partial charge in [0.1, 0.15) is 5.01 Å². The molecule has 0 spiro atoms. The molecule has 0 aliphatic carbocycles. The highest BCUT2D eigenvalue weighted by atomic mass is 32.1. The summed E-state index contributed by atoms with van der Waals surface area (Å²) in [4.78, 5) is 5.57. The molecule has 0 unspecified atom stereocenters.